The smallest absolute Gasteiger partial charge is 0.123 e. The van der Waals surface area contributed by atoms with E-state index >= 15 is 0 Å². The van der Waals surface area contributed by atoms with Crippen molar-refractivity contribution in [2.75, 3.05) is 13.2 Å². The molecule has 0 fully saturated rings. The molecule has 1 atom stereocenters. The van der Waals surface area contributed by atoms with Crippen molar-refractivity contribution in [1.82, 2.24) is 0 Å². The third-order valence-corrected chi connectivity index (χ3v) is 3.28. The van der Waals surface area contributed by atoms with Crippen LogP contribution in [0.3, 0.4) is 0 Å². The molecule has 2 N–H and O–H groups in total. The van der Waals surface area contributed by atoms with Crippen LogP contribution < -0.4 is 10.5 Å². The van der Waals surface area contributed by atoms with Crippen molar-refractivity contribution in [3.8, 4) is 5.75 Å². The van der Waals surface area contributed by atoms with Gasteiger partial charge in [0.05, 0.1) is 6.61 Å². The van der Waals surface area contributed by atoms with Gasteiger partial charge in [-0.25, -0.2) is 4.39 Å². The molecule has 0 radical (unpaired) electrons. The molecule has 0 spiro atoms. The van der Waals surface area contributed by atoms with Gasteiger partial charge in [0, 0.05) is 0 Å². The summed E-state index contributed by atoms with van der Waals surface area (Å²) >= 11 is 0. The maximum absolute atomic E-state index is 13.1. The lowest BCUT2D eigenvalue weighted by molar-refractivity contribution is 0.279. The Kier molecular flexibility index (Phi) is 5.56. The van der Waals surface area contributed by atoms with Crippen LogP contribution in [0.2, 0.25) is 0 Å². The maximum Gasteiger partial charge on any atom is 0.123 e. The molecular formula is C17H20FNO. The third-order valence-electron chi connectivity index (χ3n) is 3.28. The van der Waals surface area contributed by atoms with E-state index in [0.717, 1.165) is 24.2 Å². The van der Waals surface area contributed by atoms with Crippen LogP contribution in [0.15, 0.2) is 54.6 Å². The molecule has 1 unspecified atom stereocenters. The first-order valence-electron chi connectivity index (χ1n) is 6.90. The minimum Gasteiger partial charge on any atom is -0.494 e. The molecule has 2 aromatic rings. The van der Waals surface area contributed by atoms with Gasteiger partial charge in [0.1, 0.15) is 11.6 Å². The number of nitrogens with two attached hydrogens (primary N) is 1. The number of halogens is 1. The van der Waals surface area contributed by atoms with Crippen LogP contribution in [-0.2, 0) is 6.42 Å². The fraction of sp³-hybridized carbons (Fsp3) is 0.294. The maximum atomic E-state index is 13.1. The summed E-state index contributed by atoms with van der Waals surface area (Å²) in [5.41, 5.74) is 6.78. The van der Waals surface area contributed by atoms with Crippen LogP contribution in [0.5, 0.6) is 5.75 Å². The first kappa shape index (κ1) is 14.5. The van der Waals surface area contributed by atoms with Crippen molar-refractivity contribution < 1.29 is 9.13 Å². The molecule has 2 rings (SSSR count). The lowest BCUT2D eigenvalue weighted by atomic mass is 9.96. The van der Waals surface area contributed by atoms with Gasteiger partial charge >= 0.3 is 0 Å². The largest absolute Gasteiger partial charge is 0.494 e. The highest BCUT2D eigenvalue weighted by molar-refractivity contribution is 5.21. The van der Waals surface area contributed by atoms with Crippen LogP contribution in [-0.4, -0.2) is 13.2 Å². The second kappa shape index (κ2) is 7.65. The zero-order valence-corrected chi connectivity index (χ0v) is 11.5. The third kappa shape index (κ3) is 4.67. The SMILES string of the molecule is NCC(CCOc1ccccc1)Cc1cccc(F)c1. The van der Waals surface area contributed by atoms with E-state index in [1.54, 1.807) is 12.1 Å². The van der Waals surface area contributed by atoms with E-state index in [2.05, 4.69) is 0 Å². The topological polar surface area (TPSA) is 35.2 Å². The minimum absolute atomic E-state index is 0.196. The summed E-state index contributed by atoms with van der Waals surface area (Å²) < 4.78 is 18.8. The predicted octanol–water partition coefficient (Wildman–Crippen LogP) is 3.41. The highest BCUT2D eigenvalue weighted by Crippen LogP contribution is 2.14. The summed E-state index contributed by atoms with van der Waals surface area (Å²) in [6.45, 7) is 1.20. The number of ether oxygens (including phenoxy) is 1. The van der Waals surface area contributed by atoms with Crippen LogP contribution in [0, 0.1) is 11.7 Å². The summed E-state index contributed by atoms with van der Waals surface area (Å²) in [6, 6.07) is 16.4. The Hall–Kier alpha value is -1.87. The van der Waals surface area contributed by atoms with E-state index in [-0.39, 0.29) is 5.82 Å². The van der Waals surface area contributed by atoms with Gasteiger partial charge in [0.15, 0.2) is 0 Å². The lowest BCUT2D eigenvalue weighted by Crippen LogP contribution is -2.19. The summed E-state index contributed by atoms with van der Waals surface area (Å²) in [6.07, 6.45) is 1.65. The number of hydrogen-bond donors (Lipinski definition) is 1. The molecule has 3 heteroatoms. The van der Waals surface area contributed by atoms with Gasteiger partial charge in [0.25, 0.3) is 0 Å². The van der Waals surface area contributed by atoms with E-state index in [1.807, 2.05) is 36.4 Å². The molecule has 0 saturated carbocycles. The van der Waals surface area contributed by atoms with Gasteiger partial charge < -0.3 is 10.5 Å². The fourth-order valence-electron chi connectivity index (χ4n) is 2.16. The molecule has 0 amide bonds. The molecule has 106 valence electrons. The predicted molar refractivity (Wildman–Crippen MR) is 79.2 cm³/mol. The Morgan fingerprint density at radius 3 is 2.55 bits per heavy atom. The number of benzene rings is 2. The van der Waals surface area contributed by atoms with Gasteiger partial charge in [-0.3, -0.25) is 0 Å². The van der Waals surface area contributed by atoms with Crippen molar-refractivity contribution in [2.24, 2.45) is 11.7 Å². The Balaban J connectivity index is 1.80. The molecule has 2 nitrogen and oxygen atoms in total. The molecule has 0 saturated heterocycles. The Labute approximate surface area is 119 Å². The average molecular weight is 273 g/mol. The van der Waals surface area contributed by atoms with Crippen molar-refractivity contribution in [2.45, 2.75) is 12.8 Å². The molecule has 0 aliphatic heterocycles. The Morgan fingerprint density at radius 2 is 1.85 bits per heavy atom. The molecule has 0 bridgehead atoms. The summed E-state index contributed by atoms with van der Waals surface area (Å²) in [5.74, 6) is 0.980. The van der Waals surface area contributed by atoms with Crippen molar-refractivity contribution in [1.29, 1.82) is 0 Å². The van der Waals surface area contributed by atoms with Crippen LogP contribution >= 0.6 is 0 Å². The zero-order valence-electron chi connectivity index (χ0n) is 11.5. The summed E-state index contributed by atoms with van der Waals surface area (Å²) in [4.78, 5) is 0. The van der Waals surface area contributed by atoms with Crippen molar-refractivity contribution >= 4 is 0 Å². The van der Waals surface area contributed by atoms with E-state index < -0.39 is 0 Å². The average Bonchev–Trinajstić information content (AvgIpc) is 2.47. The highest BCUT2D eigenvalue weighted by atomic mass is 19.1. The fourth-order valence-corrected chi connectivity index (χ4v) is 2.16. The molecule has 0 aliphatic rings. The highest BCUT2D eigenvalue weighted by Gasteiger charge is 2.09. The number of para-hydroxylation sites is 1. The first-order chi connectivity index (χ1) is 9.78. The van der Waals surface area contributed by atoms with Gasteiger partial charge in [-0.2, -0.15) is 0 Å². The normalized spacial score (nSPS) is 12.1. The van der Waals surface area contributed by atoms with Gasteiger partial charge in [0.2, 0.25) is 0 Å². The Morgan fingerprint density at radius 1 is 1.05 bits per heavy atom. The summed E-state index contributed by atoms with van der Waals surface area (Å²) in [5, 5.41) is 0. The molecule has 2 aromatic carbocycles. The number of rotatable bonds is 7. The standard InChI is InChI=1S/C17H20FNO/c18-16-6-4-5-14(12-16)11-15(13-19)9-10-20-17-7-2-1-3-8-17/h1-8,12,15H,9-11,13,19H2. The lowest BCUT2D eigenvalue weighted by Gasteiger charge is -2.15. The van der Waals surface area contributed by atoms with E-state index in [0.29, 0.717) is 19.1 Å². The Bertz CT molecular complexity index is 515. The monoisotopic (exact) mass is 273 g/mol. The minimum atomic E-state index is -0.196. The van der Waals surface area contributed by atoms with Gasteiger partial charge in [-0.1, -0.05) is 30.3 Å². The van der Waals surface area contributed by atoms with E-state index in [4.69, 9.17) is 10.5 Å². The van der Waals surface area contributed by atoms with Crippen molar-refractivity contribution in [3.05, 3.63) is 66.0 Å². The molecule has 0 heterocycles. The molecule has 20 heavy (non-hydrogen) atoms. The van der Waals surface area contributed by atoms with Gasteiger partial charge in [-0.15, -0.1) is 0 Å². The van der Waals surface area contributed by atoms with Crippen LogP contribution in [0.25, 0.3) is 0 Å². The second-order valence-electron chi connectivity index (χ2n) is 4.89. The van der Waals surface area contributed by atoms with Crippen molar-refractivity contribution in [3.63, 3.8) is 0 Å². The van der Waals surface area contributed by atoms with Crippen LogP contribution in [0.1, 0.15) is 12.0 Å². The molecule has 0 aliphatic carbocycles. The quantitative estimate of drug-likeness (QED) is 0.839. The number of hydrogen-bond acceptors (Lipinski definition) is 2. The van der Waals surface area contributed by atoms with Crippen LogP contribution in [0.4, 0.5) is 4.39 Å². The second-order valence-corrected chi connectivity index (χ2v) is 4.89. The van der Waals surface area contributed by atoms with E-state index in [9.17, 15) is 4.39 Å². The molecule has 0 aromatic heterocycles. The summed E-state index contributed by atoms with van der Waals surface area (Å²) in [7, 11) is 0. The molecular weight excluding hydrogens is 253 g/mol. The zero-order chi connectivity index (χ0) is 14.2. The van der Waals surface area contributed by atoms with Gasteiger partial charge in [-0.05, 0) is 55.1 Å². The van der Waals surface area contributed by atoms with E-state index in [1.165, 1.54) is 6.07 Å². The first-order valence-corrected chi connectivity index (χ1v) is 6.90.